The maximum atomic E-state index is 13.0. The minimum atomic E-state index is -4.61. The van der Waals surface area contributed by atoms with E-state index in [2.05, 4.69) is 55.6 Å². The third-order valence-corrected chi connectivity index (χ3v) is 15.5. The molecule has 0 radical (unpaired) electrons. The van der Waals surface area contributed by atoms with Gasteiger partial charge in [0.15, 0.2) is 0 Å². The van der Waals surface area contributed by atoms with Gasteiger partial charge in [0.05, 0.1) is 39.9 Å². The van der Waals surface area contributed by atoms with Gasteiger partial charge in [0.1, 0.15) is 13.2 Å². The fraction of sp³-hybridized carbons (Fsp3) is 0.862. The molecule has 0 aromatic heterocycles. The topological polar surface area (TPSA) is 108 Å². The molecule has 0 saturated carbocycles. The molecule has 9 heteroatoms. The second kappa shape index (κ2) is 56.2. The molecular weight excluding hydrogens is 936 g/mol. The molecule has 74 heavy (non-hydrogen) atoms. The molecular formula is C65H125N2O6P. The van der Waals surface area contributed by atoms with Crippen LogP contribution in [0.1, 0.15) is 309 Å². The van der Waals surface area contributed by atoms with Crippen molar-refractivity contribution in [1.82, 2.24) is 5.32 Å². The lowest BCUT2D eigenvalue weighted by atomic mass is 10.0. The van der Waals surface area contributed by atoms with Gasteiger partial charge in [-0.1, -0.05) is 287 Å². The molecule has 0 saturated heterocycles. The van der Waals surface area contributed by atoms with Crippen molar-refractivity contribution in [2.75, 3.05) is 40.9 Å². The van der Waals surface area contributed by atoms with Crippen molar-refractivity contribution in [3.8, 4) is 0 Å². The Morgan fingerprint density at radius 3 is 1.18 bits per heavy atom. The number of quaternary nitrogens is 1. The number of phosphoric acid groups is 1. The number of carbonyl (C=O) groups excluding carboxylic acids is 1. The first kappa shape index (κ1) is 72.5. The van der Waals surface area contributed by atoms with Gasteiger partial charge < -0.3 is 28.8 Å². The molecule has 0 bridgehead atoms. The molecule has 0 fully saturated rings. The highest BCUT2D eigenvalue weighted by atomic mass is 31.2. The van der Waals surface area contributed by atoms with Gasteiger partial charge in [-0.25, -0.2) is 0 Å². The first-order valence-corrected chi connectivity index (χ1v) is 33.5. The summed E-state index contributed by atoms with van der Waals surface area (Å²) in [6.45, 7) is 4.66. The number of likely N-dealkylation sites (N-methyl/N-ethyl adjacent to an activating group) is 1. The average Bonchev–Trinajstić information content (AvgIpc) is 3.36. The highest BCUT2D eigenvalue weighted by molar-refractivity contribution is 7.45. The van der Waals surface area contributed by atoms with Crippen molar-refractivity contribution in [1.29, 1.82) is 0 Å². The van der Waals surface area contributed by atoms with Gasteiger partial charge in [-0.2, -0.15) is 0 Å². The maximum absolute atomic E-state index is 13.0. The molecule has 0 aliphatic rings. The lowest BCUT2D eigenvalue weighted by Gasteiger charge is -2.29. The standard InChI is InChI=1S/C65H125N2O6P/c1-6-8-10-12-14-16-18-20-22-24-26-28-30-32-33-35-36-38-40-42-44-46-48-50-52-54-56-58-64(68)63(62-73-74(70,71)72-61-60-67(3,4)5)66-65(69)59-57-55-53-51-49-47-45-43-41-39-37-34-31-29-27-25-23-21-19-17-15-13-11-9-7-2/h19,21,25,27,48,50,56,58,63-64,68H,6-18,20,22-24,26,28-47,49,51-55,57,59-62H2,1-5H3,(H-,66,69,70,71)/b21-19-,27-25-,50-48+,58-56+. The predicted molar refractivity (Wildman–Crippen MR) is 321 cm³/mol. The van der Waals surface area contributed by atoms with Crippen LogP contribution in [0.5, 0.6) is 0 Å². The molecule has 0 aromatic carbocycles. The zero-order chi connectivity index (χ0) is 54.2. The summed E-state index contributed by atoms with van der Waals surface area (Å²) in [5, 5.41) is 13.9. The van der Waals surface area contributed by atoms with Crippen LogP contribution in [0.4, 0.5) is 0 Å². The third-order valence-electron chi connectivity index (χ3n) is 14.5. The summed E-state index contributed by atoms with van der Waals surface area (Å²) in [6, 6.07) is -0.906. The molecule has 2 N–H and O–H groups in total. The molecule has 0 aliphatic heterocycles. The Balaban J connectivity index is 4.17. The number of allylic oxidation sites excluding steroid dienone is 7. The maximum Gasteiger partial charge on any atom is 0.268 e. The lowest BCUT2D eigenvalue weighted by molar-refractivity contribution is -0.870. The quantitative estimate of drug-likeness (QED) is 0.0272. The summed E-state index contributed by atoms with van der Waals surface area (Å²) >= 11 is 0. The third kappa shape index (κ3) is 58.1. The van der Waals surface area contributed by atoms with E-state index in [1.807, 2.05) is 27.2 Å². The van der Waals surface area contributed by atoms with Crippen LogP contribution in [0.3, 0.4) is 0 Å². The van der Waals surface area contributed by atoms with E-state index in [4.69, 9.17) is 9.05 Å². The van der Waals surface area contributed by atoms with Crippen LogP contribution in [0.25, 0.3) is 0 Å². The van der Waals surface area contributed by atoms with Gasteiger partial charge >= 0.3 is 0 Å². The van der Waals surface area contributed by atoms with Gasteiger partial charge in [0, 0.05) is 6.42 Å². The number of nitrogens with one attached hydrogen (secondary N) is 1. The van der Waals surface area contributed by atoms with Gasteiger partial charge in [0.25, 0.3) is 7.82 Å². The second-order valence-electron chi connectivity index (χ2n) is 23.1. The zero-order valence-electron chi connectivity index (χ0n) is 49.8. The molecule has 0 spiro atoms. The van der Waals surface area contributed by atoms with E-state index in [1.54, 1.807) is 6.08 Å². The van der Waals surface area contributed by atoms with Crippen molar-refractivity contribution < 1.29 is 32.9 Å². The summed E-state index contributed by atoms with van der Waals surface area (Å²) < 4.78 is 23.4. The Morgan fingerprint density at radius 1 is 0.473 bits per heavy atom. The normalized spacial score (nSPS) is 14.1. The second-order valence-corrected chi connectivity index (χ2v) is 24.5. The number of carbonyl (C=O) groups is 1. The Hall–Kier alpha value is -1.54. The van der Waals surface area contributed by atoms with Crippen LogP contribution in [-0.4, -0.2) is 68.5 Å². The van der Waals surface area contributed by atoms with E-state index in [0.29, 0.717) is 17.4 Å². The number of phosphoric ester groups is 1. The monoisotopic (exact) mass is 1060 g/mol. The van der Waals surface area contributed by atoms with Crippen molar-refractivity contribution in [3.63, 3.8) is 0 Å². The van der Waals surface area contributed by atoms with Crippen LogP contribution in [0.15, 0.2) is 48.6 Å². The summed E-state index contributed by atoms with van der Waals surface area (Å²) in [6.07, 6.45) is 75.0. The van der Waals surface area contributed by atoms with Gasteiger partial charge in [-0.15, -0.1) is 0 Å². The lowest BCUT2D eigenvalue weighted by Crippen LogP contribution is -2.45. The molecule has 436 valence electrons. The molecule has 1 amide bonds. The first-order chi connectivity index (χ1) is 36.0. The summed E-state index contributed by atoms with van der Waals surface area (Å²) in [7, 11) is 1.25. The number of rotatable bonds is 59. The molecule has 3 atom stereocenters. The number of amides is 1. The molecule has 8 nitrogen and oxygen atoms in total. The fourth-order valence-corrected chi connectivity index (χ4v) is 10.2. The van der Waals surface area contributed by atoms with Crippen LogP contribution in [-0.2, 0) is 18.4 Å². The molecule has 3 unspecified atom stereocenters. The van der Waals surface area contributed by atoms with Crippen molar-refractivity contribution in [2.45, 2.75) is 321 Å². The molecule has 0 aliphatic carbocycles. The summed E-state index contributed by atoms with van der Waals surface area (Å²) in [4.78, 5) is 25.6. The van der Waals surface area contributed by atoms with Gasteiger partial charge in [-0.05, 0) is 64.2 Å². The highest BCUT2D eigenvalue weighted by Gasteiger charge is 2.23. The largest absolute Gasteiger partial charge is 0.756 e. The molecule has 0 rings (SSSR count). The first-order valence-electron chi connectivity index (χ1n) is 32.0. The number of unbranched alkanes of at least 4 members (excludes halogenated alkanes) is 40. The van der Waals surface area contributed by atoms with E-state index in [-0.39, 0.29) is 12.5 Å². The van der Waals surface area contributed by atoms with Crippen molar-refractivity contribution in [3.05, 3.63) is 48.6 Å². The number of hydrogen-bond acceptors (Lipinski definition) is 6. The average molecular weight is 1060 g/mol. The van der Waals surface area contributed by atoms with Crippen LogP contribution < -0.4 is 10.2 Å². The fourth-order valence-electron chi connectivity index (χ4n) is 9.50. The minimum Gasteiger partial charge on any atom is -0.756 e. The molecule has 0 heterocycles. The minimum absolute atomic E-state index is 0.00649. The highest BCUT2D eigenvalue weighted by Crippen LogP contribution is 2.38. The van der Waals surface area contributed by atoms with E-state index >= 15 is 0 Å². The number of hydrogen-bond donors (Lipinski definition) is 2. The van der Waals surface area contributed by atoms with Crippen molar-refractivity contribution in [2.24, 2.45) is 0 Å². The smallest absolute Gasteiger partial charge is 0.268 e. The van der Waals surface area contributed by atoms with Crippen molar-refractivity contribution >= 4 is 13.7 Å². The Labute approximate surface area is 460 Å². The van der Waals surface area contributed by atoms with E-state index < -0.39 is 26.6 Å². The number of nitrogens with zero attached hydrogens (tertiary/aromatic N) is 1. The zero-order valence-corrected chi connectivity index (χ0v) is 50.7. The van der Waals surface area contributed by atoms with Gasteiger partial charge in [-0.3, -0.25) is 9.36 Å². The predicted octanol–water partition coefficient (Wildman–Crippen LogP) is 19.2. The SMILES string of the molecule is CCCCCCC/C=C\C/C=C\CCCCCCCCCCCCCCCC(=O)NC(COP(=O)([O-])OCC[N+](C)(C)C)C(O)/C=C/CC/C=C/CCCCCCCCCCCCCCCCCCCCCCC. The van der Waals surface area contributed by atoms with Gasteiger partial charge in [0.2, 0.25) is 5.91 Å². The summed E-state index contributed by atoms with van der Waals surface area (Å²) in [5.41, 5.74) is 0. The Bertz CT molecular complexity index is 1340. The van der Waals surface area contributed by atoms with E-state index in [9.17, 15) is 19.4 Å². The molecule has 0 aromatic rings. The van der Waals surface area contributed by atoms with Crippen LogP contribution in [0, 0.1) is 0 Å². The van der Waals surface area contributed by atoms with Crippen LogP contribution in [0.2, 0.25) is 0 Å². The summed E-state index contributed by atoms with van der Waals surface area (Å²) in [5.74, 6) is -0.205. The van der Waals surface area contributed by atoms with E-state index in [0.717, 1.165) is 44.9 Å². The number of aliphatic hydroxyl groups is 1. The number of aliphatic hydroxyl groups excluding tert-OH is 1. The van der Waals surface area contributed by atoms with E-state index in [1.165, 1.54) is 244 Å². The Kier molecular flexibility index (Phi) is 55.0. The Morgan fingerprint density at radius 2 is 0.797 bits per heavy atom. The van der Waals surface area contributed by atoms with Crippen LogP contribution >= 0.6 is 7.82 Å².